The molecular weight excluding hydrogens is 326 g/mol. The van der Waals surface area contributed by atoms with E-state index in [0.29, 0.717) is 35.9 Å². The molecule has 1 saturated heterocycles. The molecule has 0 atom stereocenters. The first-order chi connectivity index (χ1) is 11.3. The van der Waals surface area contributed by atoms with Crippen LogP contribution in [0.25, 0.3) is 0 Å². The second-order valence-corrected chi connectivity index (χ2v) is 8.41. The van der Waals surface area contributed by atoms with Crippen molar-refractivity contribution in [1.29, 1.82) is 0 Å². The van der Waals surface area contributed by atoms with Crippen LogP contribution in [0.15, 0.2) is 11.1 Å². The van der Waals surface area contributed by atoms with Crippen LogP contribution in [0.4, 0.5) is 0 Å². The topological polar surface area (TPSA) is 73.0 Å². The summed E-state index contributed by atoms with van der Waals surface area (Å²) < 4.78 is 31.2. The Morgan fingerprint density at radius 1 is 1.04 bits per heavy atom. The van der Waals surface area contributed by atoms with Gasteiger partial charge in [0.2, 0.25) is 10.0 Å². The van der Waals surface area contributed by atoms with Gasteiger partial charge in [-0.05, 0) is 33.6 Å². The molecule has 1 aliphatic heterocycles. The van der Waals surface area contributed by atoms with Gasteiger partial charge in [0.1, 0.15) is 4.90 Å². The average Bonchev–Trinajstić information content (AvgIpc) is 2.99. The van der Waals surface area contributed by atoms with Gasteiger partial charge in [0.05, 0.1) is 23.6 Å². The average molecular weight is 351 g/mol. The molecule has 3 rings (SSSR count). The first-order valence-corrected chi connectivity index (χ1v) is 9.78. The van der Waals surface area contributed by atoms with Gasteiger partial charge >= 0.3 is 0 Å². The summed E-state index contributed by atoms with van der Waals surface area (Å²) in [6, 6.07) is 0. The van der Waals surface area contributed by atoms with Gasteiger partial charge in [-0.15, -0.1) is 0 Å². The largest absolute Gasteiger partial charge is 0.275 e. The third-order valence-electron chi connectivity index (χ3n) is 4.66. The number of aryl methyl sites for hydroxylation is 3. The number of hydrogen-bond donors (Lipinski definition) is 0. The van der Waals surface area contributed by atoms with Crippen LogP contribution in [0.3, 0.4) is 0 Å². The highest BCUT2D eigenvalue weighted by molar-refractivity contribution is 7.89. The fourth-order valence-electron chi connectivity index (χ4n) is 3.41. The van der Waals surface area contributed by atoms with Crippen molar-refractivity contribution in [3.8, 4) is 0 Å². The molecule has 0 bridgehead atoms. The summed E-state index contributed by atoms with van der Waals surface area (Å²) >= 11 is 0. The molecule has 0 N–H and O–H groups in total. The van der Waals surface area contributed by atoms with E-state index in [1.807, 2.05) is 27.1 Å². The Hall–Kier alpha value is -1.67. The van der Waals surface area contributed by atoms with Gasteiger partial charge in [-0.1, -0.05) is 6.42 Å². The molecule has 7 nitrogen and oxygen atoms in total. The lowest BCUT2D eigenvalue weighted by Gasteiger charge is -2.26. The van der Waals surface area contributed by atoms with Gasteiger partial charge < -0.3 is 0 Å². The lowest BCUT2D eigenvalue weighted by atomic mass is 10.2. The normalized spacial score (nSPS) is 16.7. The molecule has 0 amide bonds. The van der Waals surface area contributed by atoms with Crippen molar-refractivity contribution < 1.29 is 8.42 Å². The van der Waals surface area contributed by atoms with Crippen LogP contribution < -0.4 is 0 Å². The van der Waals surface area contributed by atoms with Gasteiger partial charge in [-0.3, -0.25) is 9.36 Å². The first-order valence-electron chi connectivity index (χ1n) is 8.34. The standard InChI is InChI=1S/C16H25N5O2S/c1-12-15(10-19(4)17-12)11-21-14(3)16(13(2)18-21)24(22,23)20-8-6-5-7-9-20/h10H,5-9,11H2,1-4H3. The van der Waals surface area contributed by atoms with Crippen LogP contribution in [0.5, 0.6) is 0 Å². The van der Waals surface area contributed by atoms with Crippen molar-refractivity contribution in [2.24, 2.45) is 7.05 Å². The van der Waals surface area contributed by atoms with Crippen molar-refractivity contribution in [2.75, 3.05) is 13.1 Å². The van der Waals surface area contributed by atoms with Crippen LogP contribution in [-0.2, 0) is 23.6 Å². The van der Waals surface area contributed by atoms with E-state index < -0.39 is 10.0 Å². The number of rotatable bonds is 4. The Labute approximate surface area is 143 Å². The third kappa shape index (κ3) is 3.00. The highest BCUT2D eigenvalue weighted by Gasteiger charge is 2.31. The fourth-order valence-corrected chi connectivity index (χ4v) is 5.30. The lowest BCUT2D eigenvalue weighted by Crippen LogP contribution is -2.36. The molecule has 0 saturated carbocycles. The van der Waals surface area contributed by atoms with Gasteiger partial charge in [0, 0.05) is 31.9 Å². The Kier molecular flexibility index (Phi) is 4.52. The minimum atomic E-state index is -3.47. The Morgan fingerprint density at radius 2 is 1.71 bits per heavy atom. The lowest BCUT2D eigenvalue weighted by molar-refractivity contribution is 0.346. The fraction of sp³-hybridized carbons (Fsp3) is 0.625. The van der Waals surface area contributed by atoms with Gasteiger partial charge in [0.25, 0.3) is 0 Å². The van der Waals surface area contributed by atoms with Crippen LogP contribution in [0.1, 0.15) is 41.9 Å². The first kappa shape index (κ1) is 17.2. The minimum absolute atomic E-state index is 0.367. The summed E-state index contributed by atoms with van der Waals surface area (Å²) in [5.74, 6) is 0. The Morgan fingerprint density at radius 3 is 2.29 bits per heavy atom. The van der Waals surface area contributed by atoms with Crippen LogP contribution >= 0.6 is 0 Å². The minimum Gasteiger partial charge on any atom is -0.275 e. The second kappa shape index (κ2) is 6.33. The molecule has 1 aliphatic rings. The number of hydrogen-bond acceptors (Lipinski definition) is 4. The SMILES string of the molecule is Cc1nn(C)cc1Cn1nc(C)c(S(=O)(=O)N2CCCCC2)c1C. The highest BCUT2D eigenvalue weighted by Crippen LogP contribution is 2.26. The van der Waals surface area contributed by atoms with E-state index in [-0.39, 0.29) is 0 Å². The smallest absolute Gasteiger partial charge is 0.246 e. The molecule has 3 heterocycles. The van der Waals surface area contributed by atoms with Gasteiger partial charge in [0.15, 0.2) is 0 Å². The maximum Gasteiger partial charge on any atom is 0.246 e. The van der Waals surface area contributed by atoms with E-state index in [0.717, 1.165) is 30.5 Å². The number of nitrogens with zero attached hydrogens (tertiary/aromatic N) is 5. The molecule has 1 fully saturated rings. The van der Waals surface area contributed by atoms with Crippen LogP contribution in [-0.4, -0.2) is 45.4 Å². The Balaban J connectivity index is 1.95. The summed E-state index contributed by atoms with van der Waals surface area (Å²) in [7, 11) is -1.59. The van der Waals surface area contributed by atoms with Crippen molar-refractivity contribution in [1.82, 2.24) is 23.9 Å². The molecule has 0 aliphatic carbocycles. The summed E-state index contributed by atoms with van der Waals surface area (Å²) in [6.07, 6.45) is 4.91. The summed E-state index contributed by atoms with van der Waals surface area (Å²) in [5, 5.41) is 8.83. The number of aromatic nitrogens is 4. The summed E-state index contributed by atoms with van der Waals surface area (Å²) in [6.45, 7) is 7.30. The van der Waals surface area contributed by atoms with Crippen LogP contribution in [0, 0.1) is 20.8 Å². The highest BCUT2D eigenvalue weighted by atomic mass is 32.2. The number of piperidine rings is 1. The molecule has 0 spiro atoms. The molecule has 0 unspecified atom stereocenters. The maximum atomic E-state index is 13.0. The molecule has 0 radical (unpaired) electrons. The van der Waals surface area contributed by atoms with E-state index in [9.17, 15) is 8.42 Å². The molecular formula is C16H25N5O2S. The van der Waals surface area contributed by atoms with Gasteiger partial charge in [-0.2, -0.15) is 14.5 Å². The monoisotopic (exact) mass is 351 g/mol. The van der Waals surface area contributed by atoms with E-state index in [2.05, 4.69) is 10.2 Å². The molecule has 2 aromatic heterocycles. The van der Waals surface area contributed by atoms with Crippen molar-refractivity contribution in [2.45, 2.75) is 51.5 Å². The van der Waals surface area contributed by atoms with Crippen molar-refractivity contribution in [3.05, 3.63) is 28.8 Å². The summed E-state index contributed by atoms with van der Waals surface area (Å²) in [4.78, 5) is 0.367. The molecule has 0 aromatic carbocycles. The number of sulfonamides is 1. The quantitative estimate of drug-likeness (QED) is 0.841. The van der Waals surface area contributed by atoms with Crippen LogP contribution in [0.2, 0.25) is 0 Å². The zero-order valence-electron chi connectivity index (χ0n) is 14.8. The predicted molar refractivity (Wildman–Crippen MR) is 91.4 cm³/mol. The molecule has 2 aromatic rings. The Bertz CT molecular complexity index is 844. The van der Waals surface area contributed by atoms with E-state index in [4.69, 9.17) is 0 Å². The summed E-state index contributed by atoms with van der Waals surface area (Å²) in [5.41, 5.74) is 3.25. The second-order valence-electron chi connectivity index (χ2n) is 6.54. The van der Waals surface area contributed by atoms with Gasteiger partial charge in [-0.25, -0.2) is 8.42 Å². The van der Waals surface area contributed by atoms with E-state index >= 15 is 0 Å². The zero-order chi connectivity index (χ0) is 17.5. The third-order valence-corrected chi connectivity index (χ3v) is 6.81. The maximum absolute atomic E-state index is 13.0. The zero-order valence-corrected chi connectivity index (χ0v) is 15.6. The van der Waals surface area contributed by atoms with Crippen molar-refractivity contribution >= 4 is 10.0 Å². The molecule has 8 heteroatoms. The molecule has 132 valence electrons. The molecule has 24 heavy (non-hydrogen) atoms. The predicted octanol–water partition coefficient (Wildman–Crippen LogP) is 1.76. The van der Waals surface area contributed by atoms with Crippen molar-refractivity contribution in [3.63, 3.8) is 0 Å². The van der Waals surface area contributed by atoms with E-state index in [1.54, 1.807) is 20.6 Å². The van der Waals surface area contributed by atoms with E-state index in [1.165, 1.54) is 0 Å².